The molecule has 6 heteroatoms. The van der Waals surface area contributed by atoms with E-state index < -0.39 is 0 Å². The molecule has 0 spiro atoms. The van der Waals surface area contributed by atoms with Crippen LogP contribution in [0.4, 0.5) is 5.82 Å². The van der Waals surface area contributed by atoms with Gasteiger partial charge >= 0.3 is 0 Å². The highest BCUT2D eigenvalue weighted by molar-refractivity contribution is 5.66. The van der Waals surface area contributed by atoms with Gasteiger partial charge in [-0.05, 0) is 19.1 Å². The molecular formula is C15H16N6. The first kappa shape index (κ1) is 13.2. The summed E-state index contributed by atoms with van der Waals surface area (Å²) in [4.78, 5) is 13.3. The molecule has 0 aliphatic rings. The number of nitrogens with zero attached hydrogens (tertiary/aromatic N) is 5. The van der Waals surface area contributed by atoms with Crippen molar-refractivity contribution >= 4 is 5.82 Å². The van der Waals surface area contributed by atoms with Crippen LogP contribution in [0.2, 0.25) is 0 Å². The molecule has 0 aromatic carbocycles. The Bertz CT molecular complexity index is 735. The van der Waals surface area contributed by atoms with Gasteiger partial charge in [0.1, 0.15) is 5.82 Å². The van der Waals surface area contributed by atoms with Crippen molar-refractivity contribution < 1.29 is 0 Å². The average Bonchev–Trinajstić information content (AvgIpc) is 2.95. The molecule has 0 bridgehead atoms. The average molecular weight is 280 g/mol. The van der Waals surface area contributed by atoms with Crippen molar-refractivity contribution in [2.24, 2.45) is 7.05 Å². The van der Waals surface area contributed by atoms with Crippen LogP contribution in [0, 0.1) is 0 Å². The largest absolute Gasteiger partial charge is 0.370 e. The number of pyridine rings is 1. The molecule has 0 atom stereocenters. The van der Waals surface area contributed by atoms with Crippen molar-refractivity contribution in [3.8, 4) is 22.6 Å². The van der Waals surface area contributed by atoms with Gasteiger partial charge < -0.3 is 5.32 Å². The lowest BCUT2D eigenvalue weighted by Gasteiger charge is -2.08. The van der Waals surface area contributed by atoms with E-state index in [-0.39, 0.29) is 0 Å². The molecule has 106 valence electrons. The van der Waals surface area contributed by atoms with Gasteiger partial charge in [-0.25, -0.2) is 9.97 Å². The third-order valence-corrected chi connectivity index (χ3v) is 3.00. The van der Waals surface area contributed by atoms with Crippen molar-refractivity contribution in [2.45, 2.75) is 6.92 Å². The van der Waals surface area contributed by atoms with Gasteiger partial charge in [0.15, 0.2) is 5.82 Å². The number of hydrogen-bond acceptors (Lipinski definition) is 5. The van der Waals surface area contributed by atoms with Gasteiger partial charge in [0, 0.05) is 49.4 Å². The summed E-state index contributed by atoms with van der Waals surface area (Å²) in [5.74, 6) is 1.45. The van der Waals surface area contributed by atoms with E-state index in [1.807, 2.05) is 38.4 Å². The van der Waals surface area contributed by atoms with Crippen LogP contribution in [0.5, 0.6) is 0 Å². The predicted octanol–water partition coefficient (Wildman–Crippen LogP) is 2.37. The predicted molar refractivity (Wildman–Crippen MR) is 81.6 cm³/mol. The Morgan fingerprint density at radius 2 is 2.10 bits per heavy atom. The van der Waals surface area contributed by atoms with Crippen LogP contribution >= 0.6 is 0 Å². The van der Waals surface area contributed by atoms with Crippen LogP contribution in [-0.2, 0) is 7.05 Å². The molecule has 21 heavy (non-hydrogen) atoms. The number of anilines is 1. The molecule has 0 saturated heterocycles. The van der Waals surface area contributed by atoms with Gasteiger partial charge in [-0.2, -0.15) is 5.10 Å². The molecule has 0 amide bonds. The Morgan fingerprint density at radius 3 is 2.76 bits per heavy atom. The van der Waals surface area contributed by atoms with Gasteiger partial charge in [0.05, 0.1) is 11.9 Å². The number of aryl methyl sites for hydroxylation is 1. The van der Waals surface area contributed by atoms with E-state index in [0.717, 1.165) is 29.2 Å². The Labute approximate surface area is 122 Å². The lowest BCUT2D eigenvalue weighted by atomic mass is 10.2. The fourth-order valence-electron chi connectivity index (χ4n) is 2.04. The molecule has 0 radical (unpaired) electrons. The maximum atomic E-state index is 4.63. The number of hydrogen-bond donors (Lipinski definition) is 1. The molecule has 3 aromatic heterocycles. The van der Waals surface area contributed by atoms with Crippen LogP contribution in [0.15, 0.2) is 43.0 Å². The van der Waals surface area contributed by atoms with E-state index >= 15 is 0 Å². The third-order valence-electron chi connectivity index (χ3n) is 3.00. The lowest BCUT2D eigenvalue weighted by molar-refractivity contribution is 0.768. The van der Waals surface area contributed by atoms with Crippen LogP contribution in [-0.4, -0.2) is 31.3 Å². The highest BCUT2D eigenvalue weighted by atomic mass is 15.2. The summed E-state index contributed by atoms with van der Waals surface area (Å²) in [7, 11) is 1.89. The van der Waals surface area contributed by atoms with E-state index in [4.69, 9.17) is 0 Å². The summed E-state index contributed by atoms with van der Waals surface area (Å²) < 4.78 is 1.76. The second kappa shape index (κ2) is 5.70. The van der Waals surface area contributed by atoms with Crippen LogP contribution in [0.1, 0.15) is 6.92 Å². The van der Waals surface area contributed by atoms with E-state index in [1.165, 1.54) is 0 Å². The van der Waals surface area contributed by atoms with Crippen molar-refractivity contribution in [2.75, 3.05) is 11.9 Å². The number of rotatable bonds is 4. The Kier molecular flexibility index (Phi) is 3.59. The summed E-state index contributed by atoms with van der Waals surface area (Å²) >= 11 is 0. The van der Waals surface area contributed by atoms with E-state index in [1.54, 1.807) is 23.3 Å². The normalized spacial score (nSPS) is 10.6. The number of nitrogens with one attached hydrogen (secondary N) is 1. The lowest BCUT2D eigenvalue weighted by Crippen LogP contribution is -2.02. The maximum Gasteiger partial charge on any atom is 0.163 e. The maximum absolute atomic E-state index is 4.63. The van der Waals surface area contributed by atoms with Gasteiger partial charge in [0.2, 0.25) is 0 Å². The standard InChI is InChI=1S/C15H16N6/c1-3-17-14-7-13(12-9-18-21(2)10-12)19-15(20-14)11-5-4-6-16-8-11/h4-10H,3H2,1-2H3,(H,17,19,20). The first-order chi connectivity index (χ1) is 10.3. The minimum Gasteiger partial charge on any atom is -0.370 e. The fraction of sp³-hybridized carbons (Fsp3) is 0.200. The fourth-order valence-corrected chi connectivity index (χ4v) is 2.04. The minimum atomic E-state index is 0.653. The monoisotopic (exact) mass is 280 g/mol. The van der Waals surface area contributed by atoms with Gasteiger partial charge in [-0.1, -0.05) is 0 Å². The van der Waals surface area contributed by atoms with E-state index in [9.17, 15) is 0 Å². The zero-order valence-corrected chi connectivity index (χ0v) is 12.0. The Balaban J connectivity index is 2.10. The van der Waals surface area contributed by atoms with Crippen molar-refractivity contribution in [3.63, 3.8) is 0 Å². The van der Waals surface area contributed by atoms with Gasteiger partial charge in [-0.15, -0.1) is 0 Å². The van der Waals surface area contributed by atoms with Gasteiger partial charge in [-0.3, -0.25) is 9.67 Å². The minimum absolute atomic E-state index is 0.653. The van der Waals surface area contributed by atoms with Crippen molar-refractivity contribution in [1.29, 1.82) is 0 Å². The zero-order valence-electron chi connectivity index (χ0n) is 12.0. The summed E-state index contributed by atoms with van der Waals surface area (Å²) in [6.07, 6.45) is 7.23. The SMILES string of the molecule is CCNc1cc(-c2cnn(C)c2)nc(-c2cccnc2)n1. The van der Waals surface area contributed by atoms with Crippen molar-refractivity contribution in [1.82, 2.24) is 24.7 Å². The first-order valence-electron chi connectivity index (χ1n) is 6.78. The second-order valence-electron chi connectivity index (χ2n) is 4.64. The smallest absolute Gasteiger partial charge is 0.163 e. The first-order valence-corrected chi connectivity index (χ1v) is 6.78. The molecule has 3 heterocycles. The molecular weight excluding hydrogens is 264 g/mol. The third kappa shape index (κ3) is 2.89. The Hall–Kier alpha value is -2.76. The summed E-state index contributed by atoms with van der Waals surface area (Å²) in [6.45, 7) is 2.84. The highest BCUT2D eigenvalue weighted by Gasteiger charge is 2.09. The topological polar surface area (TPSA) is 68.5 Å². The molecule has 6 nitrogen and oxygen atoms in total. The summed E-state index contributed by atoms with van der Waals surface area (Å²) in [6, 6.07) is 5.76. The second-order valence-corrected chi connectivity index (χ2v) is 4.64. The highest BCUT2D eigenvalue weighted by Crippen LogP contribution is 2.23. The Morgan fingerprint density at radius 1 is 1.19 bits per heavy atom. The zero-order chi connectivity index (χ0) is 14.7. The summed E-state index contributed by atoms with van der Waals surface area (Å²) in [5, 5.41) is 7.43. The molecule has 0 fully saturated rings. The van der Waals surface area contributed by atoms with Gasteiger partial charge in [0.25, 0.3) is 0 Å². The molecule has 0 aliphatic heterocycles. The molecule has 0 unspecified atom stereocenters. The van der Waals surface area contributed by atoms with Crippen LogP contribution in [0.3, 0.4) is 0 Å². The molecule has 0 aliphatic carbocycles. The van der Waals surface area contributed by atoms with E-state index in [0.29, 0.717) is 5.82 Å². The quantitative estimate of drug-likeness (QED) is 0.794. The summed E-state index contributed by atoms with van der Waals surface area (Å²) in [5.41, 5.74) is 2.69. The molecule has 3 aromatic rings. The van der Waals surface area contributed by atoms with E-state index in [2.05, 4.69) is 25.4 Å². The van der Waals surface area contributed by atoms with Crippen molar-refractivity contribution in [3.05, 3.63) is 43.0 Å². The molecule has 1 N–H and O–H groups in total. The van der Waals surface area contributed by atoms with Crippen LogP contribution in [0.25, 0.3) is 22.6 Å². The number of aromatic nitrogens is 5. The van der Waals surface area contributed by atoms with Crippen LogP contribution < -0.4 is 5.32 Å². The molecule has 3 rings (SSSR count). The molecule has 0 saturated carbocycles.